The highest BCUT2D eigenvalue weighted by Crippen LogP contribution is 2.32. The summed E-state index contributed by atoms with van der Waals surface area (Å²) in [6, 6.07) is 3.72. The van der Waals surface area contributed by atoms with Gasteiger partial charge in [0.1, 0.15) is 5.65 Å². The smallest absolute Gasteiger partial charge is 0.347 e. The highest BCUT2D eigenvalue weighted by Gasteiger charge is 2.41. The van der Waals surface area contributed by atoms with Crippen molar-refractivity contribution >= 4 is 28.9 Å². The molecule has 4 rings (SSSR count). The summed E-state index contributed by atoms with van der Waals surface area (Å²) in [6.45, 7) is 6.79. The van der Waals surface area contributed by atoms with Crippen LogP contribution < -0.4 is 0 Å². The number of hydrogen-bond donors (Lipinski definition) is 1. The number of rotatable bonds is 4. The molecule has 0 amide bonds. The minimum absolute atomic E-state index is 0.0545. The minimum Gasteiger partial charge on any atom is -0.462 e. The number of ketones is 1. The molecule has 2 atom stereocenters. The lowest BCUT2D eigenvalue weighted by Crippen LogP contribution is -2.45. The lowest BCUT2D eigenvalue weighted by molar-refractivity contribution is -0.139. The van der Waals surface area contributed by atoms with Gasteiger partial charge in [-0.3, -0.25) is 4.79 Å². The van der Waals surface area contributed by atoms with Gasteiger partial charge in [-0.1, -0.05) is 0 Å². The Hall–Kier alpha value is -3.13. The molecule has 152 valence electrons. The number of hydrogen-bond acceptors (Lipinski definition) is 7. The zero-order chi connectivity index (χ0) is 20.5. The van der Waals surface area contributed by atoms with Gasteiger partial charge in [-0.15, -0.1) is 0 Å². The molecular formula is C21H23N3O5. The van der Waals surface area contributed by atoms with Crippen molar-refractivity contribution in [3.05, 3.63) is 47.3 Å². The average molecular weight is 397 g/mol. The number of ether oxygens (including phenoxy) is 3. The Morgan fingerprint density at radius 1 is 1.38 bits per heavy atom. The summed E-state index contributed by atoms with van der Waals surface area (Å²) in [4.78, 5) is 34.8. The molecule has 0 bridgehead atoms. The summed E-state index contributed by atoms with van der Waals surface area (Å²) >= 11 is 0. The average Bonchev–Trinajstić information content (AvgIpc) is 3.23. The van der Waals surface area contributed by atoms with Crippen molar-refractivity contribution in [2.75, 3.05) is 19.7 Å². The van der Waals surface area contributed by atoms with Gasteiger partial charge >= 0.3 is 5.97 Å². The van der Waals surface area contributed by atoms with E-state index in [0.29, 0.717) is 18.7 Å². The third kappa shape index (κ3) is 3.63. The number of nitrogens with zero attached hydrogens (tertiary/aromatic N) is 2. The number of Topliss-reactive ketones (excluding diaryl/α,β-unsaturated/α-hetero) is 1. The Morgan fingerprint density at radius 2 is 2.14 bits per heavy atom. The van der Waals surface area contributed by atoms with Crippen LogP contribution in [0.15, 0.2) is 41.7 Å². The SMILES string of the molecule is CCOC(=O)C1=C(N2C[C@@H](C)O[C@@H](C)C2)OC(=Cc2c[nH]c3ncccc23)C1=O. The first-order valence-corrected chi connectivity index (χ1v) is 9.66. The summed E-state index contributed by atoms with van der Waals surface area (Å²) in [7, 11) is 0. The number of fused-ring (bicyclic) bond motifs is 1. The van der Waals surface area contributed by atoms with Crippen LogP contribution >= 0.6 is 0 Å². The van der Waals surface area contributed by atoms with E-state index in [1.807, 2.05) is 30.9 Å². The molecule has 4 heterocycles. The summed E-state index contributed by atoms with van der Waals surface area (Å²) < 4.78 is 16.8. The third-order valence-corrected chi connectivity index (χ3v) is 4.83. The van der Waals surface area contributed by atoms with Crippen molar-refractivity contribution < 1.29 is 23.8 Å². The minimum atomic E-state index is -0.678. The number of aromatic nitrogens is 2. The largest absolute Gasteiger partial charge is 0.462 e. The molecule has 2 aliphatic rings. The highest BCUT2D eigenvalue weighted by atomic mass is 16.5. The van der Waals surface area contributed by atoms with Crippen molar-refractivity contribution in [2.24, 2.45) is 0 Å². The van der Waals surface area contributed by atoms with Gasteiger partial charge in [0.05, 0.1) is 18.8 Å². The molecule has 0 radical (unpaired) electrons. The van der Waals surface area contributed by atoms with Crippen molar-refractivity contribution in [1.82, 2.24) is 14.9 Å². The molecule has 1 fully saturated rings. The van der Waals surface area contributed by atoms with Gasteiger partial charge in [0.25, 0.3) is 0 Å². The van der Waals surface area contributed by atoms with Crippen LogP contribution in [0.4, 0.5) is 0 Å². The molecule has 1 saturated heterocycles. The van der Waals surface area contributed by atoms with Crippen LogP contribution in [-0.2, 0) is 23.8 Å². The number of morpholine rings is 1. The monoisotopic (exact) mass is 397 g/mol. The first-order valence-electron chi connectivity index (χ1n) is 9.66. The second-order valence-electron chi connectivity index (χ2n) is 7.15. The van der Waals surface area contributed by atoms with Crippen LogP contribution in [0.2, 0.25) is 0 Å². The van der Waals surface area contributed by atoms with E-state index in [9.17, 15) is 9.59 Å². The number of nitrogens with one attached hydrogen (secondary N) is 1. The van der Waals surface area contributed by atoms with E-state index in [1.165, 1.54) is 0 Å². The van der Waals surface area contributed by atoms with E-state index in [2.05, 4.69) is 9.97 Å². The maximum absolute atomic E-state index is 13.1. The lowest BCUT2D eigenvalue weighted by Gasteiger charge is -2.36. The van der Waals surface area contributed by atoms with E-state index in [1.54, 1.807) is 25.4 Å². The Morgan fingerprint density at radius 3 is 2.86 bits per heavy atom. The number of aromatic amines is 1. The van der Waals surface area contributed by atoms with Gasteiger partial charge in [-0.05, 0) is 39.0 Å². The number of carbonyl (C=O) groups excluding carboxylic acids is 2. The summed E-state index contributed by atoms with van der Waals surface area (Å²) in [5.41, 5.74) is 1.39. The van der Waals surface area contributed by atoms with Gasteiger partial charge < -0.3 is 24.1 Å². The lowest BCUT2D eigenvalue weighted by atomic mass is 10.1. The number of pyridine rings is 1. The zero-order valence-corrected chi connectivity index (χ0v) is 16.6. The number of H-pyrrole nitrogens is 1. The van der Waals surface area contributed by atoms with Crippen molar-refractivity contribution in [3.63, 3.8) is 0 Å². The van der Waals surface area contributed by atoms with Crippen molar-refractivity contribution in [3.8, 4) is 0 Å². The maximum atomic E-state index is 13.1. The van der Waals surface area contributed by atoms with Gasteiger partial charge in [0, 0.05) is 36.4 Å². The molecule has 29 heavy (non-hydrogen) atoms. The standard InChI is InChI=1S/C21H23N3O5/c1-4-27-21(26)17-18(25)16(8-14-9-23-19-15(14)6-5-7-22-19)29-20(17)24-10-12(2)28-13(3)11-24/h5-9,12-13H,4,10-11H2,1-3H3,(H,22,23)/t12-,13+. The van der Waals surface area contributed by atoms with Crippen molar-refractivity contribution in [2.45, 2.75) is 33.0 Å². The highest BCUT2D eigenvalue weighted by molar-refractivity contribution is 6.26. The Labute approximate surface area is 168 Å². The van der Waals surface area contributed by atoms with Crippen LogP contribution in [0.1, 0.15) is 26.3 Å². The second-order valence-corrected chi connectivity index (χ2v) is 7.15. The normalized spacial score (nSPS) is 23.8. The zero-order valence-electron chi connectivity index (χ0n) is 16.6. The molecule has 0 spiro atoms. The van der Waals surface area contributed by atoms with E-state index < -0.39 is 11.8 Å². The Balaban J connectivity index is 1.71. The maximum Gasteiger partial charge on any atom is 0.347 e. The number of carbonyl (C=O) groups is 2. The van der Waals surface area contributed by atoms with Crippen LogP contribution in [-0.4, -0.2) is 58.5 Å². The molecule has 2 aromatic rings. The first kappa shape index (κ1) is 19.2. The fourth-order valence-electron chi connectivity index (χ4n) is 3.70. The summed E-state index contributed by atoms with van der Waals surface area (Å²) in [6.07, 6.45) is 4.96. The number of esters is 1. The number of allylic oxidation sites excluding steroid dienone is 1. The molecule has 0 aromatic carbocycles. The Kier molecular flexibility index (Phi) is 5.10. The topological polar surface area (TPSA) is 93.8 Å². The molecule has 2 aliphatic heterocycles. The molecule has 0 saturated carbocycles. The van der Waals surface area contributed by atoms with E-state index in [-0.39, 0.29) is 36.0 Å². The third-order valence-electron chi connectivity index (χ3n) is 4.83. The molecule has 0 aliphatic carbocycles. The molecule has 8 heteroatoms. The molecule has 2 aromatic heterocycles. The molecule has 1 N–H and O–H groups in total. The predicted octanol–water partition coefficient (Wildman–Crippen LogP) is 2.39. The first-order chi connectivity index (χ1) is 14.0. The van der Waals surface area contributed by atoms with Gasteiger partial charge in [0.2, 0.25) is 11.7 Å². The Bertz CT molecular complexity index is 1010. The van der Waals surface area contributed by atoms with E-state index >= 15 is 0 Å². The summed E-state index contributed by atoms with van der Waals surface area (Å²) in [5, 5.41) is 0.858. The molecular weight excluding hydrogens is 374 g/mol. The van der Waals surface area contributed by atoms with E-state index in [0.717, 1.165) is 10.9 Å². The fraction of sp³-hybridized carbons (Fsp3) is 0.381. The van der Waals surface area contributed by atoms with Crippen LogP contribution in [0.5, 0.6) is 0 Å². The molecule has 8 nitrogen and oxygen atoms in total. The molecule has 0 unspecified atom stereocenters. The van der Waals surface area contributed by atoms with Gasteiger partial charge in [-0.25, -0.2) is 9.78 Å². The summed E-state index contributed by atoms with van der Waals surface area (Å²) in [5.74, 6) is -0.842. The quantitative estimate of drug-likeness (QED) is 0.481. The van der Waals surface area contributed by atoms with Crippen LogP contribution in [0.25, 0.3) is 17.1 Å². The van der Waals surface area contributed by atoms with Crippen LogP contribution in [0.3, 0.4) is 0 Å². The predicted molar refractivity (Wildman–Crippen MR) is 105 cm³/mol. The fourth-order valence-corrected chi connectivity index (χ4v) is 3.70. The van der Waals surface area contributed by atoms with Crippen LogP contribution in [0, 0.1) is 0 Å². The second kappa shape index (κ2) is 7.71. The van der Waals surface area contributed by atoms with Gasteiger partial charge in [-0.2, -0.15) is 0 Å². The van der Waals surface area contributed by atoms with Gasteiger partial charge in [0.15, 0.2) is 11.3 Å². The van der Waals surface area contributed by atoms with E-state index in [4.69, 9.17) is 14.2 Å². The van der Waals surface area contributed by atoms with Crippen molar-refractivity contribution in [1.29, 1.82) is 0 Å².